The van der Waals surface area contributed by atoms with Crippen molar-refractivity contribution >= 4 is 17.7 Å². The molecule has 0 bridgehead atoms. The molecule has 2 heteroatoms. The Balaban J connectivity index is 2.65. The van der Waals surface area contributed by atoms with Crippen LogP contribution in [0.1, 0.15) is 64.8 Å². The van der Waals surface area contributed by atoms with Crippen molar-refractivity contribution in [3.8, 4) is 5.75 Å². The Hall–Kier alpha value is -1.83. The lowest BCUT2D eigenvalue weighted by Crippen LogP contribution is -2.10. The molecule has 2 rings (SSSR count). The van der Waals surface area contributed by atoms with Gasteiger partial charge in [-0.3, -0.25) is 4.98 Å². The number of rotatable bonds is 5. The van der Waals surface area contributed by atoms with Crippen LogP contribution in [0.15, 0.2) is 24.9 Å². The molecule has 1 heterocycles. The van der Waals surface area contributed by atoms with Crippen LogP contribution in [0.25, 0.3) is 17.7 Å². The lowest BCUT2D eigenvalue weighted by Gasteiger charge is -2.20. The van der Waals surface area contributed by atoms with Gasteiger partial charge in [0.05, 0.1) is 18.0 Å². The molecule has 1 aliphatic rings. The van der Waals surface area contributed by atoms with E-state index >= 15 is 0 Å². The van der Waals surface area contributed by atoms with Crippen molar-refractivity contribution in [3.05, 3.63) is 41.7 Å². The molecule has 124 valence electrons. The summed E-state index contributed by atoms with van der Waals surface area (Å²) >= 11 is 0. The molecule has 23 heavy (non-hydrogen) atoms. The normalized spacial score (nSPS) is 19.8. The SMILES string of the molecule is C=C(c1c(OC(C)C)cnc2c1C=CC(C)(CC)C=C2)C(C)C. The second-order valence-corrected chi connectivity index (χ2v) is 7.17. The summed E-state index contributed by atoms with van der Waals surface area (Å²) in [5, 5.41) is 0. The quantitative estimate of drug-likeness (QED) is 0.666. The fourth-order valence-electron chi connectivity index (χ4n) is 2.62. The highest BCUT2D eigenvalue weighted by Crippen LogP contribution is 2.38. The molecule has 0 N–H and O–H groups in total. The predicted molar refractivity (Wildman–Crippen MR) is 100 cm³/mol. The largest absolute Gasteiger partial charge is 0.489 e. The minimum Gasteiger partial charge on any atom is -0.489 e. The summed E-state index contributed by atoms with van der Waals surface area (Å²) in [7, 11) is 0. The van der Waals surface area contributed by atoms with E-state index in [9.17, 15) is 0 Å². The minimum absolute atomic E-state index is 0.0657. The number of hydrogen-bond acceptors (Lipinski definition) is 2. The summed E-state index contributed by atoms with van der Waals surface area (Å²) in [5.74, 6) is 1.19. The van der Waals surface area contributed by atoms with Gasteiger partial charge in [-0.15, -0.1) is 0 Å². The highest BCUT2D eigenvalue weighted by Gasteiger charge is 2.22. The first kappa shape index (κ1) is 17.5. The van der Waals surface area contributed by atoms with Crippen LogP contribution in [0, 0.1) is 11.3 Å². The summed E-state index contributed by atoms with van der Waals surface area (Å²) in [5.41, 5.74) is 4.37. The summed E-state index contributed by atoms with van der Waals surface area (Å²) in [4.78, 5) is 4.63. The van der Waals surface area contributed by atoms with E-state index in [2.05, 4.69) is 63.6 Å². The van der Waals surface area contributed by atoms with Gasteiger partial charge in [-0.25, -0.2) is 0 Å². The first-order valence-electron chi connectivity index (χ1n) is 8.54. The maximum Gasteiger partial charge on any atom is 0.146 e. The molecule has 1 atom stereocenters. The maximum atomic E-state index is 6.02. The predicted octanol–water partition coefficient (Wildman–Crippen LogP) is 5.99. The first-order valence-corrected chi connectivity index (χ1v) is 8.54. The first-order chi connectivity index (χ1) is 10.8. The third-order valence-electron chi connectivity index (χ3n) is 4.51. The van der Waals surface area contributed by atoms with E-state index in [-0.39, 0.29) is 11.5 Å². The van der Waals surface area contributed by atoms with Crippen molar-refractivity contribution in [3.63, 3.8) is 0 Å². The molecule has 1 aliphatic carbocycles. The van der Waals surface area contributed by atoms with Gasteiger partial charge in [0, 0.05) is 16.5 Å². The van der Waals surface area contributed by atoms with Crippen LogP contribution in [0.4, 0.5) is 0 Å². The lowest BCUT2D eigenvalue weighted by molar-refractivity contribution is 0.240. The van der Waals surface area contributed by atoms with Gasteiger partial charge in [-0.2, -0.15) is 0 Å². The Kier molecular flexibility index (Phi) is 5.13. The van der Waals surface area contributed by atoms with Crippen LogP contribution in [0.5, 0.6) is 5.75 Å². The zero-order valence-electron chi connectivity index (χ0n) is 15.3. The Morgan fingerprint density at radius 2 is 1.87 bits per heavy atom. The number of fused-ring (bicyclic) bond motifs is 1. The smallest absolute Gasteiger partial charge is 0.146 e. The molecular weight excluding hydrogens is 282 g/mol. The molecule has 2 nitrogen and oxygen atoms in total. The Bertz CT molecular complexity index is 652. The van der Waals surface area contributed by atoms with E-state index in [0.29, 0.717) is 5.92 Å². The molecule has 0 saturated carbocycles. The lowest BCUT2D eigenvalue weighted by atomic mass is 9.87. The average molecular weight is 311 g/mol. The number of ether oxygens (including phenoxy) is 1. The van der Waals surface area contributed by atoms with Crippen LogP contribution >= 0.6 is 0 Å². The van der Waals surface area contributed by atoms with Crippen molar-refractivity contribution in [2.45, 2.75) is 54.1 Å². The fourth-order valence-corrected chi connectivity index (χ4v) is 2.62. The molecule has 0 radical (unpaired) electrons. The molecular formula is C21H29NO. The summed E-state index contributed by atoms with van der Waals surface area (Å²) in [6.45, 7) is 17.2. The van der Waals surface area contributed by atoms with Crippen molar-refractivity contribution in [2.75, 3.05) is 0 Å². The van der Waals surface area contributed by atoms with E-state index in [0.717, 1.165) is 34.6 Å². The summed E-state index contributed by atoms with van der Waals surface area (Å²) in [6.07, 6.45) is 11.9. The molecule has 0 amide bonds. The van der Waals surface area contributed by atoms with Gasteiger partial charge in [0.2, 0.25) is 0 Å². The highest BCUT2D eigenvalue weighted by atomic mass is 16.5. The van der Waals surface area contributed by atoms with Crippen LogP contribution in [-0.2, 0) is 0 Å². The molecule has 1 unspecified atom stereocenters. The molecule has 0 aromatic carbocycles. The van der Waals surface area contributed by atoms with Crippen molar-refractivity contribution in [2.24, 2.45) is 11.3 Å². The van der Waals surface area contributed by atoms with Crippen LogP contribution in [0.2, 0.25) is 0 Å². The third-order valence-corrected chi connectivity index (χ3v) is 4.51. The van der Waals surface area contributed by atoms with E-state index < -0.39 is 0 Å². The Morgan fingerprint density at radius 3 is 2.43 bits per heavy atom. The van der Waals surface area contributed by atoms with E-state index in [4.69, 9.17) is 4.74 Å². The molecule has 0 saturated heterocycles. The average Bonchev–Trinajstić information content (AvgIpc) is 2.66. The van der Waals surface area contributed by atoms with Gasteiger partial charge in [0.1, 0.15) is 5.75 Å². The van der Waals surface area contributed by atoms with Crippen LogP contribution in [-0.4, -0.2) is 11.1 Å². The number of nitrogens with zero attached hydrogens (tertiary/aromatic N) is 1. The number of aromatic nitrogens is 1. The standard InChI is InChI=1S/C21H29NO/c1-8-21(7)11-9-17-18(10-12-21)22-13-19(23-15(4)5)20(17)16(6)14(2)3/h9-15H,6,8H2,1-5,7H3. The Morgan fingerprint density at radius 1 is 1.22 bits per heavy atom. The van der Waals surface area contributed by atoms with Crippen molar-refractivity contribution in [1.29, 1.82) is 0 Å². The van der Waals surface area contributed by atoms with Crippen LogP contribution < -0.4 is 4.74 Å². The van der Waals surface area contributed by atoms with E-state index in [1.165, 1.54) is 0 Å². The number of pyridine rings is 1. The van der Waals surface area contributed by atoms with Crippen LogP contribution in [0.3, 0.4) is 0 Å². The van der Waals surface area contributed by atoms with Gasteiger partial charge in [-0.05, 0) is 37.8 Å². The van der Waals surface area contributed by atoms with Gasteiger partial charge in [-0.1, -0.05) is 52.5 Å². The van der Waals surface area contributed by atoms with Gasteiger partial charge in [0.15, 0.2) is 0 Å². The van der Waals surface area contributed by atoms with Crippen molar-refractivity contribution < 1.29 is 4.74 Å². The highest BCUT2D eigenvalue weighted by molar-refractivity contribution is 5.82. The monoisotopic (exact) mass is 311 g/mol. The maximum absolute atomic E-state index is 6.02. The molecule has 1 aromatic heterocycles. The van der Waals surface area contributed by atoms with E-state index in [1.54, 1.807) is 0 Å². The summed E-state index contributed by atoms with van der Waals surface area (Å²) in [6, 6.07) is 0. The topological polar surface area (TPSA) is 22.1 Å². The Labute approximate surface area is 141 Å². The molecule has 0 aliphatic heterocycles. The second-order valence-electron chi connectivity index (χ2n) is 7.17. The summed E-state index contributed by atoms with van der Waals surface area (Å²) < 4.78 is 6.02. The zero-order chi connectivity index (χ0) is 17.2. The molecule has 0 spiro atoms. The minimum atomic E-state index is 0.0657. The fraction of sp³-hybridized carbons (Fsp3) is 0.476. The molecule has 1 aromatic rings. The number of allylic oxidation sites excluding steroid dienone is 3. The van der Waals surface area contributed by atoms with Gasteiger partial charge in [0.25, 0.3) is 0 Å². The molecule has 0 fully saturated rings. The zero-order valence-corrected chi connectivity index (χ0v) is 15.3. The van der Waals surface area contributed by atoms with Gasteiger partial charge < -0.3 is 4.74 Å². The number of hydrogen-bond donors (Lipinski definition) is 0. The van der Waals surface area contributed by atoms with Gasteiger partial charge >= 0.3 is 0 Å². The second kappa shape index (κ2) is 6.74. The van der Waals surface area contributed by atoms with Crippen molar-refractivity contribution in [1.82, 2.24) is 4.98 Å². The van der Waals surface area contributed by atoms with E-state index in [1.807, 2.05) is 20.0 Å². The third kappa shape index (κ3) is 3.74.